The van der Waals surface area contributed by atoms with Crippen molar-refractivity contribution in [3.63, 3.8) is 0 Å². The SMILES string of the molecule is C=C(C)CCC(CC(=C)c1c(C)cccc1C(C)C)C(=C)C. The van der Waals surface area contributed by atoms with Crippen LogP contribution >= 0.6 is 0 Å². The Balaban J connectivity index is 3.00. The molecule has 0 aliphatic heterocycles. The summed E-state index contributed by atoms with van der Waals surface area (Å²) in [6, 6.07) is 6.58. The molecule has 0 nitrogen and oxygen atoms in total. The van der Waals surface area contributed by atoms with Gasteiger partial charge in [-0.15, -0.1) is 6.58 Å². The van der Waals surface area contributed by atoms with Crippen molar-refractivity contribution < 1.29 is 0 Å². The zero-order chi connectivity index (χ0) is 16.9. The normalized spacial score (nSPS) is 12.3. The molecule has 0 heteroatoms. The number of allylic oxidation sites excluding steroid dienone is 3. The van der Waals surface area contributed by atoms with Gasteiger partial charge in [-0.25, -0.2) is 0 Å². The summed E-state index contributed by atoms with van der Waals surface area (Å²) in [5, 5.41) is 0. The second-order valence-electron chi connectivity index (χ2n) is 7.04. The van der Waals surface area contributed by atoms with Crippen LogP contribution in [0.4, 0.5) is 0 Å². The first-order chi connectivity index (χ1) is 10.2. The summed E-state index contributed by atoms with van der Waals surface area (Å²) >= 11 is 0. The van der Waals surface area contributed by atoms with Crippen LogP contribution in [0.3, 0.4) is 0 Å². The summed E-state index contributed by atoms with van der Waals surface area (Å²) in [6.45, 7) is 23.6. The van der Waals surface area contributed by atoms with Crippen LogP contribution in [-0.4, -0.2) is 0 Å². The molecule has 0 amide bonds. The molecule has 0 spiro atoms. The van der Waals surface area contributed by atoms with Crippen molar-refractivity contribution in [1.29, 1.82) is 0 Å². The molecule has 0 aliphatic carbocycles. The third kappa shape index (κ3) is 5.02. The van der Waals surface area contributed by atoms with Gasteiger partial charge in [0.05, 0.1) is 0 Å². The predicted octanol–water partition coefficient (Wildman–Crippen LogP) is 7.07. The van der Waals surface area contributed by atoms with Gasteiger partial charge in [0.15, 0.2) is 0 Å². The minimum atomic E-state index is 0.490. The lowest BCUT2D eigenvalue weighted by molar-refractivity contribution is 0.574. The Labute approximate surface area is 137 Å². The van der Waals surface area contributed by atoms with Crippen molar-refractivity contribution in [2.45, 2.75) is 59.8 Å². The monoisotopic (exact) mass is 296 g/mol. The minimum Gasteiger partial charge on any atom is -0.100 e. The Kier molecular flexibility index (Phi) is 6.87. The summed E-state index contributed by atoms with van der Waals surface area (Å²) in [6.07, 6.45) is 3.18. The van der Waals surface area contributed by atoms with Gasteiger partial charge >= 0.3 is 0 Å². The van der Waals surface area contributed by atoms with Gasteiger partial charge in [0, 0.05) is 0 Å². The van der Waals surface area contributed by atoms with Gasteiger partial charge in [-0.1, -0.05) is 56.4 Å². The van der Waals surface area contributed by atoms with Crippen LogP contribution in [0.2, 0.25) is 0 Å². The van der Waals surface area contributed by atoms with Crippen LogP contribution in [-0.2, 0) is 0 Å². The van der Waals surface area contributed by atoms with Crippen molar-refractivity contribution in [3.05, 3.63) is 65.8 Å². The van der Waals surface area contributed by atoms with E-state index in [2.05, 4.69) is 72.6 Å². The van der Waals surface area contributed by atoms with Crippen molar-refractivity contribution in [2.75, 3.05) is 0 Å². The second kappa shape index (κ2) is 8.17. The van der Waals surface area contributed by atoms with E-state index in [9.17, 15) is 0 Å². The lowest BCUT2D eigenvalue weighted by Crippen LogP contribution is -2.06. The minimum absolute atomic E-state index is 0.490. The molecular formula is C22H32. The highest BCUT2D eigenvalue weighted by molar-refractivity contribution is 5.70. The summed E-state index contributed by atoms with van der Waals surface area (Å²) in [4.78, 5) is 0. The topological polar surface area (TPSA) is 0 Å². The van der Waals surface area contributed by atoms with Gasteiger partial charge in [0.2, 0.25) is 0 Å². The zero-order valence-electron chi connectivity index (χ0n) is 15.1. The highest BCUT2D eigenvalue weighted by atomic mass is 14.2. The third-order valence-electron chi connectivity index (χ3n) is 4.39. The van der Waals surface area contributed by atoms with Crippen LogP contribution in [0.15, 0.2) is 49.1 Å². The van der Waals surface area contributed by atoms with Crippen molar-refractivity contribution in [2.24, 2.45) is 5.92 Å². The van der Waals surface area contributed by atoms with Crippen LogP contribution in [0.5, 0.6) is 0 Å². The van der Waals surface area contributed by atoms with Crippen molar-refractivity contribution in [1.82, 2.24) is 0 Å². The third-order valence-corrected chi connectivity index (χ3v) is 4.39. The molecule has 0 aromatic heterocycles. The van der Waals surface area contributed by atoms with E-state index in [-0.39, 0.29) is 0 Å². The maximum Gasteiger partial charge on any atom is -0.0165 e. The highest BCUT2D eigenvalue weighted by Crippen LogP contribution is 2.34. The van der Waals surface area contributed by atoms with E-state index in [1.54, 1.807) is 0 Å². The first-order valence-electron chi connectivity index (χ1n) is 8.31. The second-order valence-corrected chi connectivity index (χ2v) is 7.04. The molecule has 0 saturated heterocycles. The van der Waals surface area contributed by atoms with E-state index in [4.69, 9.17) is 0 Å². The molecule has 0 N–H and O–H groups in total. The molecule has 0 heterocycles. The number of hydrogen-bond acceptors (Lipinski definition) is 0. The zero-order valence-corrected chi connectivity index (χ0v) is 15.1. The summed E-state index contributed by atoms with van der Waals surface area (Å²) in [5.41, 5.74) is 7.84. The van der Waals surface area contributed by atoms with E-state index < -0.39 is 0 Å². The first kappa shape index (κ1) is 18.5. The molecule has 0 bridgehead atoms. The summed E-state index contributed by atoms with van der Waals surface area (Å²) < 4.78 is 0. The lowest BCUT2D eigenvalue weighted by atomic mass is 9.82. The molecule has 0 saturated carbocycles. The Morgan fingerprint density at radius 1 is 1.09 bits per heavy atom. The molecule has 1 aromatic rings. The fourth-order valence-electron chi connectivity index (χ4n) is 3.00. The molecule has 0 aliphatic rings. The Bertz CT molecular complexity index is 557. The Hall–Kier alpha value is -1.56. The van der Waals surface area contributed by atoms with Crippen LogP contribution in [0, 0.1) is 12.8 Å². The maximum absolute atomic E-state index is 4.41. The average molecular weight is 296 g/mol. The maximum atomic E-state index is 4.41. The van der Waals surface area contributed by atoms with E-state index in [1.165, 1.54) is 33.4 Å². The fourth-order valence-corrected chi connectivity index (χ4v) is 3.00. The molecule has 1 aromatic carbocycles. The number of benzene rings is 1. The largest absolute Gasteiger partial charge is 0.100 e. The Morgan fingerprint density at radius 3 is 2.23 bits per heavy atom. The van der Waals surface area contributed by atoms with Crippen LogP contribution in [0.25, 0.3) is 5.57 Å². The van der Waals surface area contributed by atoms with E-state index in [0.717, 1.165) is 19.3 Å². The molecule has 22 heavy (non-hydrogen) atoms. The molecule has 0 fully saturated rings. The Morgan fingerprint density at radius 2 is 1.73 bits per heavy atom. The van der Waals surface area contributed by atoms with Crippen molar-refractivity contribution >= 4 is 5.57 Å². The lowest BCUT2D eigenvalue weighted by Gasteiger charge is -2.22. The number of hydrogen-bond donors (Lipinski definition) is 0. The van der Waals surface area contributed by atoms with Crippen LogP contribution in [0.1, 0.15) is 69.6 Å². The first-order valence-corrected chi connectivity index (χ1v) is 8.31. The molecule has 1 atom stereocenters. The van der Waals surface area contributed by atoms with Crippen molar-refractivity contribution in [3.8, 4) is 0 Å². The van der Waals surface area contributed by atoms with Gasteiger partial charge in [-0.2, -0.15) is 0 Å². The van der Waals surface area contributed by atoms with Gasteiger partial charge in [0.25, 0.3) is 0 Å². The average Bonchev–Trinajstić information content (AvgIpc) is 2.42. The quantitative estimate of drug-likeness (QED) is 0.450. The van der Waals surface area contributed by atoms with Gasteiger partial charge < -0.3 is 0 Å². The fraction of sp³-hybridized carbons (Fsp3) is 0.455. The number of rotatable bonds is 8. The van der Waals surface area contributed by atoms with Gasteiger partial charge in [0.1, 0.15) is 0 Å². The summed E-state index contributed by atoms with van der Waals surface area (Å²) in [5.74, 6) is 1.01. The smallest absolute Gasteiger partial charge is 0.0165 e. The molecule has 120 valence electrons. The van der Waals surface area contributed by atoms with Gasteiger partial charge in [-0.05, 0) is 74.1 Å². The molecular weight excluding hydrogens is 264 g/mol. The van der Waals surface area contributed by atoms with Crippen LogP contribution < -0.4 is 0 Å². The standard InChI is InChI=1S/C22H32/c1-15(2)12-13-20(16(3)4)14-19(8)22-18(7)10-9-11-21(22)17(5)6/h9-11,17,20H,1,3,8,12-14H2,2,4-7H3. The van der Waals surface area contributed by atoms with E-state index in [0.29, 0.717) is 11.8 Å². The molecule has 1 unspecified atom stereocenters. The van der Waals surface area contributed by atoms with E-state index in [1.807, 2.05) is 0 Å². The van der Waals surface area contributed by atoms with Gasteiger partial charge in [-0.3, -0.25) is 0 Å². The summed E-state index contributed by atoms with van der Waals surface area (Å²) in [7, 11) is 0. The highest BCUT2D eigenvalue weighted by Gasteiger charge is 2.17. The molecule has 0 radical (unpaired) electrons. The predicted molar refractivity (Wildman–Crippen MR) is 101 cm³/mol. The number of aryl methyl sites for hydroxylation is 1. The van der Waals surface area contributed by atoms with E-state index >= 15 is 0 Å². The molecule has 1 rings (SSSR count).